The third-order valence-corrected chi connectivity index (χ3v) is 4.56. The van der Waals surface area contributed by atoms with Crippen LogP contribution in [-0.4, -0.2) is 22.9 Å². The average Bonchev–Trinajstić information content (AvgIpc) is 2.96. The van der Waals surface area contributed by atoms with Crippen molar-refractivity contribution in [3.05, 3.63) is 54.2 Å². The fraction of sp³-hybridized carbons (Fsp3) is 0. The first kappa shape index (κ1) is 14.6. The molecule has 3 rings (SSSR count). The lowest BCUT2D eigenvalue weighted by atomic mass is 10.2. The Balaban J connectivity index is 1.91. The summed E-state index contributed by atoms with van der Waals surface area (Å²) in [5.41, 5.74) is 1.96. The molecule has 112 valence electrons. The summed E-state index contributed by atoms with van der Waals surface area (Å²) in [4.78, 5) is 8.17. The molecular weight excluding hydrogens is 322 g/mol. The van der Waals surface area contributed by atoms with E-state index in [0.29, 0.717) is 5.13 Å². The molecule has 0 aliphatic carbocycles. The van der Waals surface area contributed by atoms with Crippen molar-refractivity contribution in [1.82, 2.24) is 9.97 Å². The molecule has 0 bridgehead atoms. The Morgan fingerprint density at radius 2 is 1.82 bits per heavy atom. The van der Waals surface area contributed by atoms with Gasteiger partial charge in [-0.3, -0.25) is 9.54 Å². The molecule has 0 saturated carbocycles. The second-order valence-corrected chi connectivity index (χ2v) is 6.62. The van der Waals surface area contributed by atoms with Gasteiger partial charge < -0.3 is 5.32 Å². The molecule has 3 aromatic rings. The number of nitrogens with zero attached hydrogens (tertiary/aromatic N) is 2. The van der Waals surface area contributed by atoms with Crippen molar-refractivity contribution in [3.8, 4) is 11.3 Å². The standard InChI is InChI=1S/C14H11N3O3S2/c18-22(19,20)13-4-2-1-3-11(13)16-14-17-12(9-21-14)10-5-7-15-8-6-10/h1-9H,(H,16,17)(H,18,19,20). The molecular formula is C14H11N3O3S2. The van der Waals surface area contributed by atoms with Crippen molar-refractivity contribution in [3.63, 3.8) is 0 Å². The lowest BCUT2D eigenvalue weighted by molar-refractivity contribution is 0.483. The molecule has 0 aliphatic rings. The van der Waals surface area contributed by atoms with E-state index in [9.17, 15) is 13.0 Å². The maximum atomic E-state index is 11.4. The lowest BCUT2D eigenvalue weighted by Gasteiger charge is -2.07. The molecule has 6 nitrogen and oxygen atoms in total. The zero-order chi connectivity index (χ0) is 15.6. The van der Waals surface area contributed by atoms with Crippen LogP contribution in [0.25, 0.3) is 11.3 Å². The van der Waals surface area contributed by atoms with Crippen LogP contribution in [-0.2, 0) is 10.1 Å². The van der Waals surface area contributed by atoms with Crippen LogP contribution in [0, 0.1) is 0 Å². The van der Waals surface area contributed by atoms with E-state index in [1.54, 1.807) is 30.6 Å². The number of pyridine rings is 1. The highest BCUT2D eigenvalue weighted by Gasteiger charge is 2.15. The van der Waals surface area contributed by atoms with E-state index in [0.717, 1.165) is 11.3 Å². The van der Waals surface area contributed by atoms with Gasteiger partial charge >= 0.3 is 0 Å². The maximum absolute atomic E-state index is 11.4. The van der Waals surface area contributed by atoms with Gasteiger partial charge in [0, 0.05) is 23.3 Å². The van der Waals surface area contributed by atoms with Gasteiger partial charge in [-0.15, -0.1) is 11.3 Å². The number of hydrogen-bond donors (Lipinski definition) is 2. The highest BCUT2D eigenvalue weighted by Crippen LogP contribution is 2.29. The van der Waals surface area contributed by atoms with Crippen LogP contribution in [0.4, 0.5) is 10.8 Å². The summed E-state index contributed by atoms with van der Waals surface area (Å²) in [6.07, 6.45) is 3.35. The van der Waals surface area contributed by atoms with Gasteiger partial charge in [-0.25, -0.2) is 4.98 Å². The molecule has 2 N–H and O–H groups in total. The summed E-state index contributed by atoms with van der Waals surface area (Å²) in [6.45, 7) is 0. The van der Waals surface area contributed by atoms with E-state index in [1.807, 2.05) is 17.5 Å². The van der Waals surface area contributed by atoms with E-state index in [1.165, 1.54) is 17.4 Å². The summed E-state index contributed by atoms with van der Waals surface area (Å²) in [6, 6.07) is 9.79. The van der Waals surface area contributed by atoms with Gasteiger partial charge in [0.15, 0.2) is 5.13 Å². The molecule has 0 saturated heterocycles. The first-order valence-electron chi connectivity index (χ1n) is 6.23. The number of nitrogens with one attached hydrogen (secondary N) is 1. The normalized spacial score (nSPS) is 11.3. The van der Waals surface area contributed by atoms with E-state index in [4.69, 9.17) is 0 Å². The van der Waals surface area contributed by atoms with Gasteiger partial charge in [-0.1, -0.05) is 12.1 Å². The highest BCUT2D eigenvalue weighted by atomic mass is 32.2. The van der Waals surface area contributed by atoms with Crippen LogP contribution < -0.4 is 5.32 Å². The number of hydrogen-bond acceptors (Lipinski definition) is 6. The molecule has 0 atom stereocenters. The number of rotatable bonds is 4. The van der Waals surface area contributed by atoms with E-state index in [-0.39, 0.29) is 10.6 Å². The quantitative estimate of drug-likeness (QED) is 0.712. The Hall–Kier alpha value is -2.29. The SMILES string of the molecule is O=S(=O)(O)c1ccccc1Nc1nc(-c2ccncc2)cs1. The van der Waals surface area contributed by atoms with Crippen LogP contribution in [0.2, 0.25) is 0 Å². The van der Waals surface area contributed by atoms with Crippen molar-refractivity contribution in [2.75, 3.05) is 5.32 Å². The average molecular weight is 333 g/mol. The van der Waals surface area contributed by atoms with Crippen LogP contribution in [0.5, 0.6) is 0 Å². The summed E-state index contributed by atoms with van der Waals surface area (Å²) < 4.78 is 32.0. The Kier molecular flexibility index (Phi) is 3.88. The van der Waals surface area contributed by atoms with E-state index < -0.39 is 10.1 Å². The smallest absolute Gasteiger partial charge is 0.296 e. The van der Waals surface area contributed by atoms with Crippen LogP contribution >= 0.6 is 11.3 Å². The van der Waals surface area contributed by atoms with Crippen molar-refractivity contribution in [2.45, 2.75) is 4.90 Å². The van der Waals surface area contributed by atoms with Gasteiger partial charge in [0.1, 0.15) is 4.90 Å². The van der Waals surface area contributed by atoms with Gasteiger partial charge in [0.05, 0.1) is 11.4 Å². The fourth-order valence-electron chi connectivity index (χ4n) is 1.90. The monoisotopic (exact) mass is 333 g/mol. The maximum Gasteiger partial charge on any atom is 0.296 e. The predicted molar refractivity (Wildman–Crippen MR) is 84.9 cm³/mol. The molecule has 2 aromatic heterocycles. The van der Waals surface area contributed by atoms with Crippen molar-refractivity contribution < 1.29 is 13.0 Å². The topological polar surface area (TPSA) is 92.2 Å². The van der Waals surface area contributed by atoms with Gasteiger partial charge in [-0.05, 0) is 24.3 Å². The minimum absolute atomic E-state index is 0.185. The second-order valence-electron chi connectivity index (χ2n) is 4.37. The van der Waals surface area contributed by atoms with E-state index in [2.05, 4.69) is 15.3 Å². The molecule has 2 heterocycles. The summed E-state index contributed by atoms with van der Waals surface area (Å²) >= 11 is 1.34. The Bertz CT molecular complexity index is 892. The van der Waals surface area contributed by atoms with Gasteiger partial charge in [0.25, 0.3) is 10.1 Å². The van der Waals surface area contributed by atoms with Crippen molar-refractivity contribution >= 4 is 32.3 Å². The van der Waals surface area contributed by atoms with Gasteiger partial charge in [-0.2, -0.15) is 8.42 Å². The third-order valence-electron chi connectivity index (χ3n) is 2.89. The molecule has 22 heavy (non-hydrogen) atoms. The second kappa shape index (κ2) is 5.84. The zero-order valence-corrected chi connectivity index (χ0v) is 12.8. The predicted octanol–water partition coefficient (Wildman–Crippen LogP) is 3.20. The molecule has 1 aromatic carbocycles. The van der Waals surface area contributed by atoms with Crippen molar-refractivity contribution in [2.24, 2.45) is 0 Å². The Morgan fingerprint density at radius 3 is 2.55 bits per heavy atom. The minimum atomic E-state index is -4.29. The summed E-state index contributed by atoms with van der Waals surface area (Å²) in [5.74, 6) is 0. The largest absolute Gasteiger partial charge is 0.330 e. The zero-order valence-electron chi connectivity index (χ0n) is 11.2. The highest BCUT2D eigenvalue weighted by molar-refractivity contribution is 7.86. The molecule has 0 amide bonds. The number of anilines is 2. The Morgan fingerprint density at radius 1 is 1.09 bits per heavy atom. The van der Waals surface area contributed by atoms with Gasteiger partial charge in [0.2, 0.25) is 0 Å². The third kappa shape index (κ3) is 3.14. The number of para-hydroxylation sites is 1. The summed E-state index contributed by atoms with van der Waals surface area (Å²) in [5, 5.41) is 5.31. The van der Waals surface area contributed by atoms with Crippen LogP contribution in [0.15, 0.2) is 59.1 Å². The molecule has 0 unspecified atom stereocenters. The molecule has 8 heteroatoms. The van der Waals surface area contributed by atoms with E-state index >= 15 is 0 Å². The molecule has 0 radical (unpaired) electrons. The molecule has 0 aliphatic heterocycles. The molecule has 0 fully saturated rings. The fourth-order valence-corrected chi connectivity index (χ4v) is 3.28. The number of thiazole rings is 1. The number of benzene rings is 1. The Labute approximate surface area is 131 Å². The summed E-state index contributed by atoms with van der Waals surface area (Å²) in [7, 11) is -4.29. The van der Waals surface area contributed by atoms with Crippen LogP contribution in [0.3, 0.4) is 0 Å². The lowest BCUT2D eigenvalue weighted by Crippen LogP contribution is -2.02. The van der Waals surface area contributed by atoms with Crippen LogP contribution in [0.1, 0.15) is 0 Å². The molecule has 0 spiro atoms. The first-order chi connectivity index (χ1) is 10.5. The van der Waals surface area contributed by atoms with Crippen molar-refractivity contribution in [1.29, 1.82) is 0 Å². The minimum Gasteiger partial charge on any atom is -0.330 e. The number of aromatic nitrogens is 2. The first-order valence-corrected chi connectivity index (χ1v) is 8.55.